The fraction of sp³-hybridized carbons (Fsp3) is 0.467. The van der Waals surface area contributed by atoms with Crippen LogP contribution in [0.25, 0.3) is 0 Å². The zero-order valence-electron chi connectivity index (χ0n) is 12.0. The number of carbonyl (C=O) groups is 2. The van der Waals surface area contributed by atoms with Crippen LogP contribution in [0.5, 0.6) is 0 Å². The van der Waals surface area contributed by atoms with E-state index in [1.807, 2.05) is 6.92 Å². The largest absolute Gasteiger partial charge is 0.393 e. The average molecular weight is 278 g/mol. The van der Waals surface area contributed by atoms with E-state index >= 15 is 0 Å². The minimum Gasteiger partial charge on any atom is -0.393 e. The molecule has 0 saturated carbocycles. The Morgan fingerprint density at radius 1 is 1.30 bits per heavy atom. The van der Waals surface area contributed by atoms with Crippen LogP contribution in [0, 0.1) is 0 Å². The van der Waals surface area contributed by atoms with Gasteiger partial charge in [-0.05, 0) is 31.9 Å². The van der Waals surface area contributed by atoms with Gasteiger partial charge in [-0.25, -0.2) is 0 Å². The summed E-state index contributed by atoms with van der Waals surface area (Å²) in [7, 11) is 0. The standard InChI is InChI=1S/C15H22N2O3/c1-3-10-16-15(20)12-6-4-5-7-13(12)17-14(19)9-8-11(2)18/h4-7,11,18H,3,8-10H2,1-2H3,(H,16,20)(H,17,19). The summed E-state index contributed by atoms with van der Waals surface area (Å²) in [5.74, 6) is -0.403. The van der Waals surface area contributed by atoms with E-state index in [1.54, 1.807) is 31.2 Å². The summed E-state index contributed by atoms with van der Waals surface area (Å²) in [5.41, 5.74) is 0.947. The van der Waals surface area contributed by atoms with Crippen molar-refractivity contribution >= 4 is 17.5 Å². The Bertz CT molecular complexity index is 458. The fourth-order valence-electron chi connectivity index (χ4n) is 1.68. The molecule has 0 spiro atoms. The van der Waals surface area contributed by atoms with Gasteiger partial charge in [0, 0.05) is 13.0 Å². The highest BCUT2D eigenvalue weighted by Gasteiger charge is 2.12. The van der Waals surface area contributed by atoms with Crippen molar-refractivity contribution in [3.8, 4) is 0 Å². The summed E-state index contributed by atoms with van der Waals surface area (Å²) in [6, 6.07) is 6.89. The number of aliphatic hydroxyl groups is 1. The van der Waals surface area contributed by atoms with Gasteiger partial charge in [-0.2, -0.15) is 0 Å². The maximum atomic E-state index is 12.0. The molecule has 1 rings (SSSR count). The van der Waals surface area contributed by atoms with Gasteiger partial charge >= 0.3 is 0 Å². The van der Waals surface area contributed by atoms with Gasteiger partial charge in [0.2, 0.25) is 5.91 Å². The molecule has 0 heterocycles. The monoisotopic (exact) mass is 278 g/mol. The lowest BCUT2D eigenvalue weighted by Crippen LogP contribution is -2.25. The lowest BCUT2D eigenvalue weighted by atomic mass is 10.1. The number of rotatable bonds is 7. The second kappa shape index (κ2) is 8.32. The first-order valence-electron chi connectivity index (χ1n) is 6.89. The number of hydrogen-bond donors (Lipinski definition) is 3. The molecule has 1 unspecified atom stereocenters. The van der Waals surface area contributed by atoms with E-state index in [9.17, 15) is 9.59 Å². The highest BCUT2D eigenvalue weighted by Crippen LogP contribution is 2.15. The van der Waals surface area contributed by atoms with Crippen molar-refractivity contribution in [3.63, 3.8) is 0 Å². The van der Waals surface area contributed by atoms with Crippen LogP contribution >= 0.6 is 0 Å². The van der Waals surface area contributed by atoms with Gasteiger partial charge in [-0.1, -0.05) is 19.1 Å². The third-order valence-corrected chi connectivity index (χ3v) is 2.77. The number of anilines is 1. The van der Waals surface area contributed by atoms with Crippen LogP contribution in [0.4, 0.5) is 5.69 Å². The van der Waals surface area contributed by atoms with Crippen LogP contribution < -0.4 is 10.6 Å². The molecule has 5 heteroatoms. The third kappa shape index (κ3) is 5.40. The summed E-state index contributed by atoms with van der Waals surface area (Å²) in [6.45, 7) is 4.21. The van der Waals surface area contributed by atoms with Crippen molar-refractivity contribution in [2.45, 2.75) is 39.2 Å². The van der Waals surface area contributed by atoms with Crippen molar-refractivity contribution in [1.29, 1.82) is 0 Å². The van der Waals surface area contributed by atoms with Crippen LogP contribution in [-0.2, 0) is 4.79 Å². The van der Waals surface area contributed by atoms with E-state index in [1.165, 1.54) is 0 Å². The zero-order valence-corrected chi connectivity index (χ0v) is 12.0. The van der Waals surface area contributed by atoms with Crippen molar-refractivity contribution in [1.82, 2.24) is 5.32 Å². The molecule has 0 aliphatic carbocycles. The summed E-state index contributed by atoms with van der Waals surface area (Å²) in [5, 5.41) is 14.7. The topological polar surface area (TPSA) is 78.4 Å². The van der Waals surface area contributed by atoms with Gasteiger partial charge < -0.3 is 15.7 Å². The molecule has 0 radical (unpaired) electrons. The minimum absolute atomic E-state index is 0.196. The van der Waals surface area contributed by atoms with Crippen molar-refractivity contribution in [2.75, 3.05) is 11.9 Å². The Labute approximate surface area is 119 Å². The number of aliphatic hydroxyl groups excluding tert-OH is 1. The summed E-state index contributed by atoms with van der Waals surface area (Å²) < 4.78 is 0. The second-order valence-corrected chi connectivity index (χ2v) is 4.74. The molecule has 3 N–H and O–H groups in total. The number of carbonyl (C=O) groups excluding carboxylic acids is 2. The van der Waals surface area contributed by atoms with Gasteiger partial charge in [0.1, 0.15) is 0 Å². The maximum Gasteiger partial charge on any atom is 0.253 e. The normalized spacial score (nSPS) is 11.8. The predicted octanol–water partition coefficient (Wildman–Crippen LogP) is 1.93. The lowest BCUT2D eigenvalue weighted by Gasteiger charge is -2.11. The molecule has 1 atom stereocenters. The Kier molecular flexibility index (Phi) is 6.73. The molecule has 1 aromatic rings. The number of para-hydroxylation sites is 1. The number of hydrogen-bond acceptors (Lipinski definition) is 3. The molecule has 2 amide bonds. The van der Waals surface area contributed by atoms with E-state index in [4.69, 9.17) is 5.11 Å². The molecular weight excluding hydrogens is 256 g/mol. The Balaban J connectivity index is 2.70. The molecule has 20 heavy (non-hydrogen) atoms. The molecule has 0 fully saturated rings. The Morgan fingerprint density at radius 2 is 2.00 bits per heavy atom. The zero-order chi connectivity index (χ0) is 15.0. The molecule has 0 saturated heterocycles. The van der Waals surface area contributed by atoms with Gasteiger partial charge in [0.05, 0.1) is 17.4 Å². The molecule has 0 aromatic heterocycles. The predicted molar refractivity (Wildman–Crippen MR) is 78.6 cm³/mol. The molecule has 1 aromatic carbocycles. The van der Waals surface area contributed by atoms with Crippen molar-refractivity contribution < 1.29 is 14.7 Å². The van der Waals surface area contributed by atoms with Crippen LogP contribution in [0.3, 0.4) is 0 Å². The Hall–Kier alpha value is -1.88. The molecule has 110 valence electrons. The molecule has 0 aliphatic rings. The van der Waals surface area contributed by atoms with E-state index in [2.05, 4.69) is 10.6 Å². The van der Waals surface area contributed by atoms with E-state index < -0.39 is 6.10 Å². The first kappa shape index (κ1) is 16.2. The van der Waals surface area contributed by atoms with Gasteiger partial charge in [0.25, 0.3) is 5.91 Å². The van der Waals surface area contributed by atoms with Crippen molar-refractivity contribution in [2.24, 2.45) is 0 Å². The molecular formula is C15H22N2O3. The highest BCUT2D eigenvalue weighted by atomic mass is 16.3. The lowest BCUT2D eigenvalue weighted by molar-refractivity contribution is -0.116. The summed E-state index contributed by atoms with van der Waals surface area (Å²) >= 11 is 0. The van der Waals surface area contributed by atoms with E-state index in [0.29, 0.717) is 24.2 Å². The SMILES string of the molecule is CCCNC(=O)c1ccccc1NC(=O)CCC(C)O. The van der Waals surface area contributed by atoms with Crippen LogP contribution in [-0.4, -0.2) is 29.6 Å². The molecule has 0 bridgehead atoms. The quantitative estimate of drug-likeness (QED) is 0.713. The van der Waals surface area contributed by atoms with Crippen LogP contribution in [0.1, 0.15) is 43.5 Å². The third-order valence-electron chi connectivity index (χ3n) is 2.77. The van der Waals surface area contributed by atoms with Gasteiger partial charge in [-0.15, -0.1) is 0 Å². The van der Waals surface area contributed by atoms with Crippen molar-refractivity contribution in [3.05, 3.63) is 29.8 Å². The highest BCUT2D eigenvalue weighted by molar-refractivity contribution is 6.03. The fourth-order valence-corrected chi connectivity index (χ4v) is 1.68. The van der Waals surface area contributed by atoms with Gasteiger partial charge in [-0.3, -0.25) is 9.59 Å². The average Bonchev–Trinajstić information content (AvgIpc) is 2.43. The maximum absolute atomic E-state index is 12.0. The van der Waals surface area contributed by atoms with Crippen LogP contribution in [0.2, 0.25) is 0 Å². The molecule has 0 aliphatic heterocycles. The first-order chi connectivity index (χ1) is 9.54. The van der Waals surface area contributed by atoms with Gasteiger partial charge in [0.15, 0.2) is 0 Å². The number of benzene rings is 1. The van der Waals surface area contributed by atoms with E-state index in [0.717, 1.165) is 6.42 Å². The number of nitrogens with one attached hydrogen (secondary N) is 2. The first-order valence-corrected chi connectivity index (χ1v) is 6.89. The second-order valence-electron chi connectivity index (χ2n) is 4.74. The Morgan fingerprint density at radius 3 is 2.65 bits per heavy atom. The number of amides is 2. The van der Waals surface area contributed by atoms with Crippen LogP contribution in [0.15, 0.2) is 24.3 Å². The molecule has 5 nitrogen and oxygen atoms in total. The smallest absolute Gasteiger partial charge is 0.253 e. The van der Waals surface area contributed by atoms with E-state index in [-0.39, 0.29) is 18.2 Å². The minimum atomic E-state index is -0.510. The summed E-state index contributed by atoms with van der Waals surface area (Å²) in [6.07, 6.45) is 0.969. The summed E-state index contributed by atoms with van der Waals surface area (Å²) in [4.78, 5) is 23.7.